The summed E-state index contributed by atoms with van der Waals surface area (Å²) in [7, 11) is -3.66. The van der Waals surface area contributed by atoms with Crippen LogP contribution in [0.3, 0.4) is 0 Å². The van der Waals surface area contributed by atoms with Crippen molar-refractivity contribution in [2.24, 2.45) is 0 Å². The lowest BCUT2D eigenvalue weighted by molar-refractivity contribution is 0.594. The molecule has 2 aromatic carbocycles. The van der Waals surface area contributed by atoms with E-state index in [4.69, 9.17) is 17.3 Å². The first-order valence-corrected chi connectivity index (χ1v) is 7.44. The highest BCUT2D eigenvalue weighted by Crippen LogP contribution is 2.26. The molecule has 0 unspecified atom stereocenters. The molecule has 0 fully saturated rings. The summed E-state index contributed by atoms with van der Waals surface area (Å²) in [6.45, 7) is 0. The Bertz CT molecular complexity index is 716. The van der Waals surface area contributed by atoms with Gasteiger partial charge in [-0.2, -0.15) is 0 Å². The Hall–Kier alpha value is -1.59. The quantitative estimate of drug-likeness (QED) is 0.886. The molecule has 0 radical (unpaired) electrons. The van der Waals surface area contributed by atoms with Crippen LogP contribution in [0.2, 0.25) is 5.02 Å². The molecule has 0 aromatic heterocycles. The molecule has 100 valence electrons. The smallest absolute Gasteiger partial charge is 0.184 e. The van der Waals surface area contributed by atoms with Gasteiger partial charge in [0.25, 0.3) is 0 Å². The average Bonchev–Trinajstić information content (AvgIpc) is 2.31. The summed E-state index contributed by atoms with van der Waals surface area (Å²) in [4.78, 5) is -0.0431. The molecule has 19 heavy (non-hydrogen) atoms. The average molecular weight is 300 g/mol. The normalized spacial score (nSPS) is 11.5. The van der Waals surface area contributed by atoms with Gasteiger partial charge in [0, 0.05) is 5.69 Å². The molecular weight excluding hydrogens is 289 g/mol. The molecule has 6 heteroatoms. The predicted octanol–water partition coefficient (Wildman–Crippen LogP) is 3.04. The van der Waals surface area contributed by atoms with Crippen molar-refractivity contribution in [1.29, 1.82) is 0 Å². The topological polar surface area (TPSA) is 60.2 Å². The Labute approximate surface area is 115 Å². The molecule has 0 heterocycles. The fourth-order valence-electron chi connectivity index (χ4n) is 1.68. The summed E-state index contributed by atoms with van der Waals surface area (Å²) in [5.41, 5.74) is 6.23. The first-order valence-electron chi connectivity index (χ1n) is 5.41. The lowest BCUT2D eigenvalue weighted by atomic mass is 10.2. The second-order valence-corrected chi connectivity index (χ2v) is 6.44. The largest absolute Gasteiger partial charge is 0.399 e. The first-order chi connectivity index (χ1) is 8.88. The van der Waals surface area contributed by atoms with Crippen LogP contribution in [0.15, 0.2) is 47.4 Å². The van der Waals surface area contributed by atoms with Gasteiger partial charge in [0.2, 0.25) is 0 Å². The number of rotatable bonds is 3. The van der Waals surface area contributed by atoms with E-state index < -0.39 is 15.7 Å². The molecule has 3 nitrogen and oxygen atoms in total. The maximum Gasteiger partial charge on any atom is 0.184 e. The predicted molar refractivity (Wildman–Crippen MR) is 73.2 cm³/mol. The number of nitrogen functional groups attached to an aromatic ring is 1. The molecule has 0 aliphatic heterocycles. The van der Waals surface area contributed by atoms with Crippen molar-refractivity contribution in [3.05, 3.63) is 58.9 Å². The minimum Gasteiger partial charge on any atom is -0.399 e. The molecule has 0 bridgehead atoms. The summed E-state index contributed by atoms with van der Waals surface area (Å²) in [6.07, 6.45) is 0. The molecule has 0 amide bonds. The molecule has 2 rings (SSSR count). The molecule has 0 aliphatic rings. The van der Waals surface area contributed by atoms with Gasteiger partial charge in [-0.3, -0.25) is 0 Å². The Morgan fingerprint density at radius 3 is 2.58 bits per heavy atom. The van der Waals surface area contributed by atoms with E-state index in [1.54, 1.807) is 6.07 Å². The molecule has 0 saturated heterocycles. The third-order valence-corrected chi connectivity index (χ3v) is 4.70. The number of hydrogen-bond acceptors (Lipinski definition) is 3. The Balaban J connectivity index is 2.40. The third-order valence-electron chi connectivity index (χ3n) is 2.54. The Morgan fingerprint density at radius 1 is 1.16 bits per heavy atom. The minimum atomic E-state index is -3.66. The minimum absolute atomic E-state index is 0.0431. The van der Waals surface area contributed by atoms with E-state index in [1.165, 1.54) is 36.4 Å². The number of sulfone groups is 1. The molecule has 0 saturated carbocycles. The maximum atomic E-state index is 13.0. The second kappa shape index (κ2) is 5.19. The molecule has 2 N–H and O–H groups in total. The van der Waals surface area contributed by atoms with E-state index in [0.29, 0.717) is 11.3 Å². The van der Waals surface area contributed by atoms with Gasteiger partial charge in [-0.25, -0.2) is 12.8 Å². The fraction of sp³-hybridized carbons (Fsp3) is 0.0769. The van der Waals surface area contributed by atoms with Gasteiger partial charge in [0.05, 0.1) is 15.7 Å². The van der Waals surface area contributed by atoms with E-state index in [9.17, 15) is 12.8 Å². The van der Waals surface area contributed by atoms with Gasteiger partial charge in [-0.15, -0.1) is 0 Å². The van der Waals surface area contributed by atoms with Gasteiger partial charge < -0.3 is 5.73 Å². The third kappa shape index (κ3) is 3.24. The summed E-state index contributed by atoms with van der Waals surface area (Å²) >= 11 is 5.87. The molecular formula is C13H11ClFNO2S. The zero-order chi connectivity index (χ0) is 14.0. The number of anilines is 1. The van der Waals surface area contributed by atoms with Crippen LogP contribution in [-0.2, 0) is 15.6 Å². The van der Waals surface area contributed by atoms with Gasteiger partial charge in [0.15, 0.2) is 9.84 Å². The van der Waals surface area contributed by atoms with Crippen molar-refractivity contribution in [3.8, 4) is 0 Å². The van der Waals surface area contributed by atoms with Gasteiger partial charge in [0.1, 0.15) is 5.82 Å². The lowest BCUT2D eigenvalue weighted by Gasteiger charge is -2.07. The van der Waals surface area contributed by atoms with Gasteiger partial charge >= 0.3 is 0 Å². The fourth-order valence-corrected chi connectivity index (χ4v) is 3.61. The van der Waals surface area contributed by atoms with Crippen LogP contribution in [0.1, 0.15) is 5.56 Å². The van der Waals surface area contributed by atoms with Crippen LogP contribution in [0, 0.1) is 5.82 Å². The zero-order valence-electron chi connectivity index (χ0n) is 9.81. The highest BCUT2D eigenvalue weighted by Gasteiger charge is 2.19. The van der Waals surface area contributed by atoms with E-state index in [-0.39, 0.29) is 15.7 Å². The number of nitrogens with two attached hydrogens (primary N) is 1. The van der Waals surface area contributed by atoms with E-state index >= 15 is 0 Å². The highest BCUT2D eigenvalue weighted by atomic mass is 35.5. The van der Waals surface area contributed by atoms with E-state index in [1.807, 2.05) is 0 Å². The summed E-state index contributed by atoms with van der Waals surface area (Å²) in [5.74, 6) is -0.806. The van der Waals surface area contributed by atoms with Crippen LogP contribution in [0.4, 0.5) is 10.1 Å². The second-order valence-electron chi connectivity index (χ2n) is 4.08. The molecule has 0 spiro atoms. The number of hydrogen-bond donors (Lipinski definition) is 1. The zero-order valence-corrected chi connectivity index (χ0v) is 11.4. The molecule has 2 aromatic rings. The lowest BCUT2D eigenvalue weighted by Crippen LogP contribution is -2.06. The Kier molecular flexibility index (Phi) is 3.78. The molecule has 0 aliphatic carbocycles. The van der Waals surface area contributed by atoms with Crippen LogP contribution in [0.5, 0.6) is 0 Å². The monoisotopic (exact) mass is 299 g/mol. The van der Waals surface area contributed by atoms with Crippen molar-refractivity contribution >= 4 is 27.1 Å². The van der Waals surface area contributed by atoms with Crippen molar-refractivity contribution < 1.29 is 12.8 Å². The first kappa shape index (κ1) is 13.8. The van der Waals surface area contributed by atoms with Crippen LogP contribution < -0.4 is 5.73 Å². The highest BCUT2D eigenvalue weighted by molar-refractivity contribution is 7.90. The van der Waals surface area contributed by atoms with Crippen molar-refractivity contribution in [1.82, 2.24) is 0 Å². The van der Waals surface area contributed by atoms with Gasteiger partial charge in [-0.1, -0.05) is 23.7 Å². The van der Waals surface area contributed by atoms with Crippen LogP contribution in [0.25, 0.3) is 0 Å². The van der Waals surface area contributed by atoms with Gasteiger partial charge in [-0.05, 0) is 35.9 Å². The number of halogens is 2. The molecule has 0 atom stereocenters. The van der Waals surface area contributed by atoms with Crippen molar-refractivity contribution in [2.45, 2.75) is 10.6 Å². The summed E-state index contributed by atoms with van der Waals surface area (Å²) in [5, 5.41) is 0.102. The van der Waals surface area contributed by atoms with Crippen molar-refractivity contribution in [2.75, 3.05) is 5.73 Å². The SMILES string of the molecule is Nc1ccc(Cl)c(S(=O)(=O)Cc2cccc(F)c2)c1. The maximum absolute atomic E-state index is 13.0. The Morgan fingerprint density at radius 2 is 1.89 bits per heavy atom. The summed E-state index contributed by atoms with van der Waals surface area (Å²) in [6, 6.07) is 9.68. The van der Waals surface area contributed by atoms with E-state index in [0.717, 1.165) is 0 Å². The number of benzene rings is 2. The van der Waals surface area contributed by atoms with Crippen LogP contribution >= 0.6 is 11.6 Å². The van der Waals surface area contributed by atoms with Crippen molar-refractivity contribution in [3.63, 3.8) is 0 Å². The summed E-state index contributed by atoms with van der Waals surface area (Å²) < 4.78 is 37.5. The van der Waals surface area contributed by atoms with Crippen LogP contribution in [-0.4, -0.2) is 8.42 Å². The standard InChI is InChI=1S/C13H11ClFNO2S/c14-12-5-4-11(16)7-13(12)19(17,18)8-9-2-1-3-10(15)6-9/h1-7H,8,16H2. The van der Waals surface area contributed by atoms with E-state index in [2.05, 4.69) is 0 Å².